The molecule has 3 aromatic rings. The van der Waals surface area contributed by atoms with E-state index in [1.54, 1.807) is 33.7 Å². The van der Waals surface area contributed by atoms with E-state index in [1.807, 2.05) is 23.1 Å². The van der Waals surface area contributed by atoms with Crippen LogP contribution in [0.15, 0.2) is 53.6 Å². The van der Waals surface area contributed by atoms with Gasteiger partial charge in [0, 0.05) is 39.1 Å². The Labute approximate surface area is 178 Å². The number of para-hydroxylation sites is 1. The highest BCUT2D eigenvalue weighted by Crippen LogP contribution is 2.23. The van der Waals surface area contributed by atoms with E-state index in [4.69, 9.17) is 0 Å². The van der Waals surface area contributed by atoms with Crippen molar-refractivity contribution < 1.29 is 9.18 Å². The van der Waals surface area contributed by atoms with E-state index in [0.29, 0.717) is 62.2 Å². The van der Waals surface area contributed by atoms with Crippen LogP contribution >= 0.6 is 0 Å². The molecule has 0 atom stereocenters. The molecule has 1 aromatic heterocycles. The van der Waals surface area contributed by atoms with E-state index >= 15 is 0 Å². The van der Waals surface area contributed by atoms with Crippen molar-refractivity contribution in [3.05, 3.63) is 70.5 Å². The Morgan fingerprint density at radius 3 is 2.65 bits per heavy atom. The van der Waals surface area contributed by atoms with Crippen LogP contribution in [0.25, 0.3) is 10.9 Å². The van der Waals surface area contributed by atoms with Crippen LogP contribution in [-0.2, 0) is 11.3 Å². The largest absolute Gasteiger partial charge is 0.367 e. The van der Waals surface area contributed by atoms with Crippen molar-refractivity contribution in [3.8, 4) is 6.07 Å². The van der Waals surface area contributed by atoms with E-state index in [-0.39, 0.29) is 17.0 Å². The number of carbonyl (C=O) groups is 1. The number of anilines is 1. The van der Waals surface area contributed by atoms with Gasteiger partial charge in [-0.25, -0.2) is 9.37 Å². The molecule has 0 N–H and O–H groups in total. The summed E-state index contributed by atoms with van der Waals surface area (Å²) < 4.78 is 15.4. The number of carbonyl (C=O) groups excluding carboxylic acids is 1. The first-order chi connectivity index (χ1) is 15.1. The number of aryl methyl sites for hydroxylation is 1. The average Bonchev–Trinajstić information content (AvgIpc) is 2.80. The van der Waals surface area contributed by atoms with Gasteiger partial charge in [0.15, 0.2) is 0 Å². The van der Waals surface area contributed by atoms with Gasteiger partial charge in [0.25, 0.3) is 5.56 Å². The third kappa shape index (κ3) is 4.26. The Bertz CT molecular complexity index is 1210. The fourth-order valence-corrected chi connectivity index (χ4v) is 3.91. The monoisotopic (exact) mass is 419 g/mol. The molecule has 31 heavy (non-hydrogen) atoms. The molecule has 1 fully saturated rings. The lowest BCUT2D eigenvalue weighted by molar-refractivity contribution is -0.131. The SMILES string of the molecule is N#Cc1c(F)cccc1N1CCN(C(=O)CCCn2cnc3ccccc3c2=O)CC1. The highest BCUT2D eigenvalue weighted by Gasteiger charge is 2.23. The number of piperazine rings is 1. The number of rotatable bonds is 5. The molecule has 0 saturated carbocycles. The molecular formula is C23H22FN5O2. The summed E-state index contributed by atoms with van der Waals surface area (Å²) in [5.41, 5.74) is 1.17. The van der Waals surface area contributed by atoms with Gasteiger partial charge in [0.1, 0.15) is 17.4 Å². The molecule has 1 amide bonds. The zero-order chi connectivity index (χ0) is 21.8. The van der Waals surface area contributed by atoms with Gasteiger partial charge >= 0.3 is 0 Å². The molecule has 0 radical (unpaired) electrons. The Morgan fingerprint density at radius 1 is 1.10 bits per heavy atom. The Kier molecular flexibility index (Phi) is 5.94. The lowest BCUT2D eigenvalue weighted by Gasteiger charge is -2.36. The fourth-order valence-electron chi connectivity index (χ4n) is 3.91. The van der Waals surface area contributed by atoms with Crippen molar-refractivity contribution in [2.45, 2.75) is 19.4 Å². The van der Waals surface area contributed by atoms with Gasteiger partial charge < -0.3 is 9.80 Å². The zero-order valence-corrected chi connectivity index (χ0v) is 17.0. The molecule has 1 aliphatic rings. The van der Waals surface area contributed by atoms with E-state index in [1.165, 1.54) is 12.4 Å². The third-order valence-corrected chi connectivity index (χ3v) is 5.60. The number of nitrogens with zero attached hydrogens (tertiary/aromatic N) is 5. The van der Waals surface area contributed by atoms with Crippen LogP contribution < -0.4 is 10.5 Å². The maximum Gasteiger partial charge on any atom is 0.261 e. The minimum Gasteiger partial charge on any atom is -0.367 e. The van der Waals surface area contributed by atoms with Gasteiger partial charge in [-0.3, -0.25) is 14.2 Å². The van der Waals surface area contributed by atoms with Gasteiger partial charge in [-0.2, -0.15) is 5.26 Å². The molecule has 158 valence electrons. The Balaban J connectivity index is 1.31. The number of amides is 1. The maximum absolute atomic E-state index is 13.9. The topological polar surface area (TPSA) is 82.2 Å². The molecule has 8 heteroatoms. The van der Waals surface area contributed by atoms with Crippen LogP contribution in [0.5, 0.6) is 0 Å². The van der Waals surface area contributed by atoms with Crippen LogP contribution in [-0.4, -0.2) is 46.5 Å². The number of hydrogen-bond acceptors (Lipinski definition) is 5. The number of benzene rings is 2. The molecule has 2 heterocycles. The van der Waals surface area contributed by atoms with Crippen molar-refractivity contribution in [1.29, 1.82) is 5.26 Å². The summed E-state index contributed by atoms with van der Waals surface area (Å²) in [4.78, 5) is 33.1. The molecule has 1 aliphatic heterocycles. The number of fused-ring (bicyclic) bond motifs is 1. The number of hydrogen-bond donors (Lipinski definition) is 0. The lowest BCUT2D eigenvalue weighted by Crippen LogP contribution is -2.49. The lowest BCUT2D eigenvalue weighted by atomic mass is 10.1. The van der Waals surface area contributed by atoms with Crippen molar-refractivity contribution in [3.63, 3.8) is 0 Å². The Morgan fingerprint density at radius 2 is 1.87 bits per heavy atom. The summed E-state index contributed by atoms with van der Waals surface area (Å²) in [7, 11) is 0. The maximum atomic E-state index is 13.9. The summed E-state index contributed by atoms with van der Waals surface area (Å²) >= 11 is 0. The molecule has 0 spiro atoms. The summed E-state index contributed by atoms with van der Waals surface area (Å²) in [6.45, 7) is 2.53. The molecule has 0 aliphatic carbocycles. The Hall–Kier alpha value is -3.73. The number of aromatic nitrogens is 2. The van der Waals surface area contributed by atoms with E-state index in [2.05, 4.69) is 4.98 Å². The summed E-state index contributed by atoms with van der Waals surface area (Å²) in [5.74, 6) is -0.502. The second-order valence-corrected chi connectivity index (χ2v) is 7.48. The van der Waals surface area contributed by atoms with E-state index in [9.17, 15) is 19.2 Å². The smallest absolute Gasteiger partial charge is 0.261 e. The van der Waals surface area contributed by atoms with Gasteiger partial charge in [-0.05, 0) is 30.7 Å². The molecule has 7 nitrogen and oxygen atoms in total. The normalized spacial score (nSPS) is 13.9. The molecule has 0 unspecified atom stereocenters. The van der Waals surface area contributed by atoms with Crippen LogP contribution in [0.3, 0.4) is 0 Å². The highest BCUT2D eigenvalue weighted by molar-refractivity contribution is 5.77. The molecule has 4 rings (SSSR count). The minimum absolute atomic E-state index is 0.0289. The third-order valence-electron chi connectivity index (χ3n) is 5.60. The van der Waals surface area contributed by atoms with Crippen LogP contribution in [0.4, 0.5) is 10.1 Å². The molecule has 0 bridgehead atoms. The van der Waals surface area contributed by atoms with Crippen molar-refractivity contribution in [2.75, 3.05) is 31.1 Å². The first-order valence-electron chi connectivity index (χ1n) is 10.2. The van der Waals surface area contributed by atoms with Crippen molar-refractivity contribution in [1.82, 2.24) is 14.5 Å². The van der Waals surface area contributed by atoms with Crippen molar-refractivity contribution in [2.24, 2.45) is 0 Å². The van der Waals surface area contributed by atoms with Crippen LogP contribution in [0.2, 0.25) is 0 Å². The van der Waals surface area contributed by atoms with Crippen molar-refractivity contribution >= 4 is 22.5 Å². The van der Waals surface area contributed by atoms with Crippen LogP contribution in [0, 0.1) is 17.1 Å². The summed E-state index contributed by atoms with van der Waals surface area (Å²) in [6, 6.07) is 13.7. The predicted octanol–water partition coefficient (Wildman–Crippen LogP) is 2.54. The van der Waals surface area contributed by atoms with Gasteiger partial charge in [0.05, 0.1) is 22.9 Å². The second-order valence-electron chi connectivity index (χ2n) is 7.48. The first-order valence-corrected chi connectivity index (χ1v) is 10.2. The zero-order valence-electron chi connectivity index (χ0n) is 17.0. The second kappa shape index (κ2) is 8.96. The van der Waals surface area contributed by atoms with Gasteiger partial charge in [-0.15, -0.1) is 0 Å². The number of halogens is 1. The molecule has 1 saturated heterocycles. The van der Waals surface area contributed by atoms with Crippen LogP contribution in [0.1, 0.15) is 18.4 Å². The van der Waals surface area contributed by atoms with Gasteiger partial charge in [0.2, 0.25) is 5.91 Å². The highest BCUT2D eigenvalue weighted by atomic mass is 19.1. The van der Waals surface area contributed by atoms with Gasteiger partial charge in [-0.1, -0.05) is 18.2 Å². The van der Waals surface area contributed by atoms with E-state index < -0.39 is 5.82 Å². The first kappa shape index (κ1) is 20.5. The predicted molar refractivity (Wildman–Crippen MR) is 115 cm³/mol. The number of nitriles is 1. The standard InChI is InChI=1S/C23H22FN5O2/c24-19-6-3-8-21(18(19)15-25)27-11-13-28(14-12-27)22(30)9-4-10-29-16-26-20-7-2-1-5-17(20)23(29)31/h1-3,5-8,16H,4,9-14H2. The van der Waals surface area contributed by atoms with E-state index in [0.717, 1.165) is 0 Å². The quantitative estimate of drug-likeness (QED) is 0.635. The molecule has 2 aromatic carbocycles. The summed E-state index contributed by atoms with van der Waals surface area (Å²) in [5, 5.41) is 9.80. The average molecular weight is 419 g/mol. The molecular weight excluding hydrogens is 397 g/mol. The fraction of sp³-hybridized carbons (Fsp3) is 0.304. The summed E-state index contributed by atoms with van der Waals surface area (Å²) in [6.07, 6.45) is 2.41. The minimum atomic E-state index is -0.531.